The van der Waals surface area contributed by atoms with E-state index < -0.39 is 0 Å². The predicted molar refractivity (Wildman–Crippen MR) is 96.0 cm³/mol. The van der Waals surface area contributed by atoms with Gasteiger partial charge in [-0.15, -0.1) is 12.4 Å². The molecule has 1 amide bonds. The highest BCUT2D eigenvalue weighted by atomic mass is 35.5. The zero-order valence-electron chi connectivity index (χ0n) is 14.1. The van der Waals surface area contributed by atoms with Crippen molar-refractivity contribution >= 4 is 18.3 Å². The van der Waals surface area contributed by atoms with Crippen LogP contribution in [0.15, 0.2) is 30.1 Å². The molecular formula is C18H24ClFN2O3. The van der Waals surface area contributed by atoms with E-state index in [0.717, 1.165) is 50.1 Å². The molecular weight excluding hydrogens is 347 g/mol. The van der Waals surface area contributed by atoms with Crippen LogP contribution >= 0.6 is 12.4 Å². The number of carbonyl (C=O) groups is 1. The normalized spacial score (nSPS) is 18.6. The van der Waals surface area contributed by atoms with Crippen molar-refractivity contribution in [1.29, 1.82) is 0 Å². The Morgan fingerprint density at radius 3 is 2.84 bits per heavy atom. The molecule has 1 saturated heterocycles. The smallest absolute Gasteiger partial charge is 0.254 e. The molecule has 2 heterocycles. The Hall–Kier alpha value is -1.63. The van der Waals surface area contributed by atoms with E-state index in [9.17, 15) is 9.18 Å². The average Bonchev–Trinajstić information content (AvgIpc) is 2.63. The number of hydrogen-bond acceptors (Lipinski definition) is 4. The van der Waals surface area contributed by atoms with Crippen molar-refractivity contribution in [3.8, 4) is 5.75 Å². The topological polar surface area (TPSA) is 64.8 Å². The van der Waals surface area contributed by atoms with Crippen LogP contribution in [0.25, 0.3) is 0 Å². The van der Waals surface area contributed by atoms with Crippen molar-refractivity contribution < 1.29 is 18.7 Å². The highest BCUT2D eigenvalue weighted by Gasteiger charge is 2.31. The minimum absolute atomic E-state index is 0. The van der Waals surface area contributed by atoms with Crippen LogP contribution in [-0.2, 0) is 11.2 Å². The first-order valence-corrected chi connectivity index (χ1v) is 8.35. The molecule has 1 aromatic rings. The summed E-state index contributed by atoms with van der Waals surface area (Å²) in [4.78, 5) is 14.7. The van der Waals surface area contributed by atoms with Gasteiger partial charge < -0.3 is 20.1 Å². The molecule has 0 spiro atoms. The maximum atomic E-state index is 12.8. The van der Waals surface area contributed by atoms with Crippen LogP contribution < -0.4 is 10.5 Å². The first-order valence-electron chi connectivity index (χ1n) is 8.35. The average molecular weight is 371 g/mol. The number of nitrogens with two attached hydrogens (primary N) is 1. The third-order valence-corrected chi connectivity index (χ3v) is 4.66. The molecule has 2 aliphatic rings. The largest absolute Gasteiger partial charge is 0.489 e. The number of halogens is 2. The molecule has 0 unspecified atom stereocenters. The van der Waals surface area contributed by atoms with Crippen molar-refractivity contribution in [2.24, 2.45) is 5.73 Å². The van der Waals surface area contributed by atoms with Gasteiger partial charge in [-0.3, -0.25) is 4.79 Å². The van der Waals surface area contributed by atoms with Gasteiger partial charge in [0.2, 0.25) is 0 Å². The molecule has 2 N–H and O–H groups in total. The van der Waals surface area contributed by atoms with Crippen LogP contribution in [0, 0.1) is 0 Å². The number of hydrogen-bond donors (Lipinski definition) is 1. The van der Waals surface area contributed by atoms with Crippen LogP contribution in [0.4, 0.5) is 4.39 Å². The molecule has 0 saturated carbocycles. The van der Waals surface area contributed by atoms with E-state index in [1.807, 2.05) is 11.0 Å². The van der Waals surface area contributed by atoms with Gasteiger partial charge in [-0.2, -0.15) is 0 Å². The first-order chi connectivity index (χ1) is 11.7. The highest BCUT2D eigenvalue weighted by molar-refractivity contribution is 5.97. The Labute approximate surface area is 153 Å². The second-order valence-corrected chi connectivity index (χ2v) is 6.17. The maximum absolute atomic E-state index is 12.8. The molecule has 5 nitrogen and oxygen atoms in total. The number of amides is 1. The summed E-state index contributed by atoms with van der Waals surface area (Å²) >= 11 is 0. The Kier molecular flexibility index (Phi) is 7.23. The monoisotopic (exact) mass is 370 g/mol. The Morgan fingerprint density at radius 1 is 1.40 bits per heavy atom. The van der Waals surface area contributed by atoms with Gasteiger partial charge in [0.15, 0.2) is 0 Å². The molecule has 25 heavy (non-hydrogen) atoms. The fourth-order valence-electron chi connectivity index (χ4n) is 3.23. The van der Waals surface area contributed by atoms with E-state index in [4.69, 9.17) is 15.2 Å². The SMILES string of the molecule is Cl.NC/C(=C/F)COc1ccc2c(c1)CCN(C1CCOCC1)C2=O. The maximum Gasteiger partial charge on any atom is 0.254 e. The standard InChI is InChI=1S/C18H23FN2O3.ClH/c19-10-13(11-20)12-24-16-1-2-17-14(9-16)3-6-21(18(17)22)15-4-7-23-8-5-15;/h1-2,9-10,15H,3-8,11-12,20H2;1H/b13-10-;. The van der Waals surface area contributed by atoms with E-state index in [2.05, 4.69) is 0 Å². The van der Waals surface area contributed by atoms with E-state index in [1.165, 1.54) is 0 Å². The number of benzene rings is 1. The Bertz CT molecular complexity index is 633. The molecule has 7 heteroatoms. The van der Waals surface area contributed by atoms with Crippen molar-refractivity contribution in [3.63, 3.8) is 0 Å². The number of carbonyl (C=O) groups excluding carboxylic acids is 1. The summed E-state index contributed by atoms with van der Waals surface area (Å²) in [7, 11) is 0. The zero-order valence-corrected chi connectivity index (χ0v) is 14.9. The molecule has 3 rings (SSSR count). The number of ether oxygens (including phenoxy) is 2. The molecule has 1 aromatic carbocycles. The lowest BCUT2D eigenvalue weighted by atomic mass is 9.95. The van der Waals surface area contributed by atoms with Gasteiger partial charge in [-0.1, -0.05) is 0 Å². The number of nitrogens with zero attached hydrogens (tertiary/aromatic N) is 1. The van der Waals surface area contributed by atoms with Crippen LogP contribution in [-0.4, -0.2) is 49.8 Å². The van der Waals surface area contributed by atoms with E-state index in [1.54, 1.807) is 12.1 Å². The molecule has 0 atom stereocenters. The summed E-state index contributed by atoms with van der Waals surface area (Å²) in [6.45, 7) is 2.41. The lowest BCUT2D eigenvalue weighted by Gasteiger charge is -2.37. The van der Waals surface area contributed by atoms with Gasteiger partial charge in [0.25, 0.3) is 5.91 Å². The Morgan fingerprint density at radius 2 is 2.16 bits per heavy atom. The molecule has 0 aromatic heterocycles. The summed E-state index contributed by atoms with van der Waals surface area (Å²) in [5, 5.41) is 0. The summed E-state index contributed by atoms with van der Waals surface area (Å²) in [5.74, 6) is 0.717. The third-order valence-electron chi connectivity index (χ3n) is 4.66. The number of rotatable bonds is 5. The molecule has 2 aliphatic heterocycles. The van der Waals surface area contributed by atoms with Crippen molar-refractivity contribution in [3.05, 3.63) is 41.2 Å². The first kappa shape index (κ1) is 19.7. The molecule has 138 valence electrons. The lowest BCUT2D eigenvalue weighted by molar-refractivity contribution is 0.0276. The number of fused-ring (bicyclic) bond motifs is 1. The summed E-state index contributed by atoms with van der Waals surface area (Å²) in [6, 6.07) is 5.72. The minimum atomic E-state index is 0. The summed E-state index contributed by atoms with van der Waals surface area (Å²) < 4.78 is 23.5. The van der Waals surface area contributed by atoms with Crippen LogP contribution in [0.2, 0.25) is 0 Å². The minimum Gasteiger partial charge on any atom is -0.489 e. The lowest BCUT2D eigenvalue weighted by Crippen LogP contribution is -2.47. The van der Waals surface area contributed by atoms with Gasteiger partial charge in [0.1, 0.15) is 12.4 Å². The quantitative estimate of drug-likeness (QED) is 0.864. The second kappa shape index (κ2) is 9.17. The van der Waals surface area contributed by atoms with Gasteiger partial charge in [-0.05, 0) is 43.0 Å². The molecule has 1 fully saturated rings. The van der Waals surface area contributed by atoms with Crippen molar-refractivity contribution in [1.82, 2.24) is 4.90 Å². The predicted octanol–water partition coefficient (Wildman–Crippen LogP) is 2.48. The Balaban J connectivity index is 0.00000225. The molecule has 0 aliphatic carbocycles. The third kappa shape index (κ3) is 4.51. The van der Waals surface area contributed by atoms with Gasteiger partial charge in [0.05, 0.1) is 6.33 Å². The van der Waals surface area contributed by atoms with Crippen molar-refractivity contribution in [2.45, 2.75) is 25.3 Å². The van der Waals surface area contributed by atoms with Crippen molar-refractivity contribution in [2.75, 3.05) is 32.9 Å². The second-order valence-electron chi connectivity index (χ2n) is 6.17. The zero-order chi connectivity index (χ0) is 16.9. The molecule has 0 radical (unpaired) electrons. The summed E-state index contributed by atoms with van der Waals surface area (Å²) in [5.41, 5.74) is 7.53. The van der Waals surface area contributed by atoms with Crippen LogP contribution in [0.3, 0.4) is 0 Å². The highest BCUT2D eigenvalue weighted by Crippen LogP contribution is 2.27. The van der Waals surface area contributed by atoms with Crippen LogP contribution in [0.1, 0.15) is 28.8 Å². The summed E-state index contributed by atoms with van der Waals surface area (Å²) in [6.07, 6.45) is 3.09. The van der Waals surface area contributed by atoms with E-state index >= 15 is 0 Å². The fraction of sp³-hybridized carbons (Fsp3) is 0.500. The van der Waals surface area contributed by atoms with E-state index in [-0.39, 0.29) is 37.5 Å². The van der Waals surface area contributed by atoms with Crippen LogP contribution in [0.5, 0.6) is 5.75 Å². The fourth-order valence-corrected chi connectivity index (χ4v) is 3.23. The van der Waals surface area contributed by atoms with Gasteiger partial charge in [0, 0.05) is 43.5 Å². The van der Waals surface area contributed by atoms with Gasteiger partial charge >= 0.3 is 0 Å². The van der Waals surface area contributed by atoms with E-state index in [0.29, 0.717) is 17.7 Å². The van der Waals surface area contributed by atoms with Gasteiger partial charge in [-0.25, -0.2) is 4.39 Å². The molecule has 0 bridgehead atoms.